The SMILES string of the molecule is C=C\C=C/C(=C\C)C(/C(=O)OC)=C(/COC(=O)Oc1cccc(CBr)c1)c1ccc(S(C)(=O)=O)cc1. The lowest BCUT2D eigenvalue weighted by Gasteiger charge is -2.16. The normalized spacial score (nSPS) is 12.6. The van der Waals surface area contributed by atoms with E-state index in [9.17, 15) is 18.0 Å². The first-order valence-corrected chi connectivity index (χ1v) is 13.7. The Kier molecular flexibility index (Phi) is 10.9. The summed E-state index contributed by atoms with van der Waals surface area (Å²) in [5.74, 6) is -0.364. The molecule has 0 aliphatic heterocycles. The number of rotatable bonds is 10. The molecule has 2 aromatic rings. The number of hydrogen-bond acceptors (Lipinski definition) is 7. The van der Waals surface area contributed by atoms with Crippen molar-refractivity contribution in [3.63, 3.8) is 0 Å². The third-order valence-electron chi connectivity index (χ3n) is 4.92. The lowest BCUT2D eigenvalue weighted by Crippen LogP contribution is -2.16. The summed E-state index contributed by atoms with van der Waals surface area (Å²) in [4.78, 5) is 25.5. The van der Waals surface area contributed by atoms with Gasteiger partial charge in [0.15, 0.2) is 9.84 Å². The maximum Gasteiger partial charge on any atom is 0.514 e. The summed E-state index contributed by atoms with van der Waals surface area (Å²) in [7, 11) is -2.20. The number of carbonyl (C=O) groups is 2. The highest BCUT2D eigenvalue weighted by Gasteiger charge is 2.22. The van der Waals surface area contributed by atoms with Crippen LogP contribution in [0.2, 0.25) is 0 Å². The van der Waals surface area contributed by atoms with Crippen molar-refractivity contribution in [2.75, 3.05) is 20.0 Å². The Hall–Kier alpha value is -3.43. The first kappa shape index (κ1) is 28.8. The first-order valence-electron chi connectivity index (χ1n) is 10.7. The average Bonchev–Trinajstić information content (AvgIpc) is 2.87. The van der Waals surface area contributed by atoms with Gasteiger partial charge < -0.3 is 14.2 Å². The highest BCUT2D eigenvalue weighted by atomic mass is 79.9. The van der Waals surface area contributed by atoms with Crippen LogP contribution in [0.25, 0.3) is 5.57 Å². The summed E-state index contributed by atoms with van der Waals surface area (Å²) >= 11 is 3.35. The zero-order chi connectivity index (χ0) is 26.7. The summed E-state index contributed by atoms with van der Waals surface area (Å²) in [6, 6.07) is 12.8. The van der Waals surface area contributed by atoms with Crippen molar-refractivity contribution in [3.05, 3.63) is 102 Å². The van der Waals surface area contributed by atoms with Gasteiger partial charge in [0.1, 0.15) is 12.4 Å². The molecule has 0 aromatic heterocycles. The Balaban J connectivity index is 2.53. The summed E-state index contributed by atoms with van der Waals surface area (Å²) in [5, 5.41) is 0.586. The van der Waals surface area contributed by atoms with Gasteiger partial charge in [-0.2, -0.15) is 0 Å². The smallest absolute Gasteiger partial charge is 0.465 e. The fourth-order valence-electron chi connectivity index (χ4n) is 3.16. The molecule has 2 rings (SSSR count). The third-order valence-corrected chi connectivity index (χ3v) is 6.70. The molecule has 0 aliphatic rings. The van der Waals surface area contributed by atoms with Gasteiger partial charge in [0.25, 0.3) is 0 Å². The van der Waals surface area contributed by atoms with Crippen LogP contribution in [0.3, 0.4) is 0 Å². The molecule has 190 valence electrons. The van der Waals surface area contributed by atoms with Gasteiger partial charge in [0, 0.05) is 17.2 Å². The van der Waals surface area contributed by atoms with Crippen LogP contribution in [-0.2, 0) is 29.4 Å². The van der Waals surface area contributed by atoms with Crippen molar-refractivity contribution in [3.8, 4) is 5.75 Å². The zero-order valence-electron chi connectivity index (χ0n) is 20.2. The van der Waals surface area contributed by atoms with Crippen LogP contribution in [0, 0.1) is 0 Å². The van der Waals surface area contributed by atoms with E-state index in [1.54, 1.807) is 49.4 Å². The number of benzene rings is 2. The van der Waals surface area contributed by atoms with Gasteiger partial charge in [-0.15, -0.1) is 0 Å². The number of alkyl halides is 1. The molecule has 36 heavy (non-hydrogen) atoms. The van der Waals surface area contributed by atoms with Gasteiger partial charge in [-0.3, -0.25) is 0 Å². The molecule has 0 spiro atoms. The maximum atomic E-state index is 12.9. The second-order valence-electron chi connectivity index (χ2n) is 7.40. The van der Waals surface area contributed by atoms with E-state index < -0.39 is 22.0 Å². The molecule has 0 saturated carbocycles. The monoisotopic (exact) mass is 574 g/mol. The third kappa shape index (κ3) is 8.07. The molecule has 7 nitrogen and oxygen atoms in total. The Bertz CT molecular complexity index is 1300. The first-order chi connectivity index (χ1) is 17.1. The summed E-state index contributed by atoms with van der Waals surface area (Å²) < 4.78 is 39.5. The van der Waals surface area contributed by atoms with Crippen LogP contribution in [0.5, 0.6) is 5.75 Å². The Morgan fingerprint density at radius 2 is 1.81 bits per heavy atom. The standard InChI is InChI=1S/C27H27BrO7S/c1-5-7-10-20(6-2)25(26(29)33-3)24(21-12-14-23(15-13-21)36(4,31)32)18-34-27(30)35-22-11-8-9-19(16-22)17-28/h5-16H,1,17-18H2,2-4H3/b10-7-,20-6+,25-24+. The van der Waals surface area contributed by atoms with Crippen LogP contribution in [0.4, 0.5) is 4.79 Å². The lowest BCUT2D eigenvalue weighted by atomic mass is 9.94. The number of hydrogen-bond donors (Lipinski definition) is 0. The fraction of sp³-hybridized carbons (Fsp3) is 0.185. The van der Waals surface area contributed by atoms with Crippen molar-refractivity contribution >= 4 is 43.5 Å². The molecule has 0 fully saturated rings. The molecular weight excluding hydrogens is 548 g/mol. The molecule has 0 amide bonds. The summed E-state index contributed by atoms with van der Waals surface area (Å²) in [6.07, 6.45) is 6.68. The van der Waals surface area contributed by atoms with Crippen LogP contribution >= 0.6 is 15.9 Å². The van der Waals surface area contributed by atoms with Crippen molar-refractivity contribution in [2.45, 2.75) is 17.1 Å². The molecule has 0 aliphatic carbocycles. The summed E-state index contributed by atoms with van der Waals surface area (Å²) in [6.45, 7) is 5.04. The van der Waals surface area contributed by atoms with E-state index in [-0.39, 0.29) is 17.1 Å². The minimum atomic E-state index is -3.44. The molecular formula is C27H27BrO7S. The highest BCUT2D eigenvalue weighted by Crippen LogP contribution is 2.28. The van der Waals surface area contributed by atoms with Gasteiger partial charge in [-0.05, 0) is 47.9 Å². The Morgan fingerprint density at radius 3 is 2.36 bits per heavy atom. The van der Waals surface area contributed by atoms with E-state index in [1.807, 2.05) is 6.07 Å². The number of sulfone groups is 1. The maximum absolute atomic E-state index is 12.9. The van der Waals surface area contributed by atoms with E-state index in [0.717, 1.165) is 11.8 Å². The minimum absolute atomic E-state index is 0.107. The molecule has 0 bridgehead atoms. The molecule has 0 N–H and O–H groups in total. The van der Waals surface area contributed by atoms with E-state index in [0.29, 0.717) is 27.8 Å². The highest BCUT2D eigenvalue weighted by molar-refractivity contribution is 9.08. The summed E-state index contributed by atoms with van der Waals surface area (Å²) in [5.41, 5.74) is 2.30. The lowest BCUT2D eigenvalue weighted by molar-refractivity contribution is -0.135. The van der Waals surface area contributed by atoms with Crippen LogP contribution in [0.1, 0.15) is 18.1 Å². The van der Waals surface area contributed by atoms with Gasteiger partial charge in [-0.1, -0.05) is 71.1 Å². The van der Waals surface area contributed by atoms with Crippen molar-refractivity contribution in [2.24, 2.45) is 0 Å². The fourth-order valence-corrected chi connectivity index (χ4v) is 4.14. The van der Waals surface area contributed by atoms with E-state index in [2.05, 4.69) is 22.5 Å². The number of carbonyl (C=O) groups excluding carboxylic acids is 2. The van der Waals surface area contributed by atoms with Crippen molar-refractivity contribution < 1.29 is 32.2 Å². The number of ether oxygens (including phenoxy) is 3. The van der Waals surface area contributed by atoms with Crippen LogP contribution < -0.4 is 4.74 Å². The van der Waals surface area contributed by atoms with Crippen LogP contribution in [-0.4, -0.2) is 40.5 Å². The van der Waals surface area contributed by atoms with Crippen molar-refractivity contribution in [1.82, 2.24) is 0 Å². The number of allylic oxidation sites excluding steroid dienone is 4. The van der Waals surface area contributed by atoms with E-state index >= 15 is 0 Å². The van der Waals surface area contributed by atoms with Gasteiger partial charge in [-0.25, -0.2) is 18.0 Å². The Labute approximate surface area is 219 Å². The topological polar surface area (TPSA) is 96.0 Å². The Morgan fingerprint density at radius 1 is 1.11 bits per heavy atom. The molecule has 2 aromatic carbocycles. The molecule has 0 saturated heterocycles. The predicted molar refractivity (Wildman–Crippen MR) is 143 cm³/mol. The van der Waals surface area contributed by atoms with Crippen molar-refractivity contribution in [1.29, 1.82) is 0 Å². The quantitative estimate of drug-likeness (QED) is 0.116. The van der Waals surface area contributed by atoms with Gasteiger partial charge in [0.2, 0.25) is 0 Å². The number of halogens is 1. The van der Waals surface area contributed by atoms with Crippen LogP contribution in [0.15, 0.2) is 95.5 Å². The van der Waals surface area contributed by atoms with E-state index in [4.69, 9.17) is 14.2 Å². The molecule has 0 radical (unpaired) electrons. The van der Waals surface area contributed by atoms with Gasteiger partial charge >= 0.3 is 12.1 Å². The molecule has 0 heterocycles. The predicted octanol–water partition coefficient (Wildman–Crippen LogP) is 5.82. The van der Waals surface area contributed by atoms with Gasteiger partial charge in [0.05, 0.1) is 17.6 Å². The zero-order valence-corrected chi connectivity index (χ0v) is 22.6. The second kappa shape index (κ2) is 13.6. The second-order valence-corrected chi connectivity index (χ2v) is 9.98. The number of methoxy groups -OCH3 is 1. The molecule has 9 heteroatoms. The van der Waals surface area contributed by atoms with E-state index in [1.165, 1.54) is 31.4 Å². The molecule has 0 unspecified atom stereocenters. The molecule has 0 atom stereocenters. The minimum Gasteiger partial charge on any atom is -0.465 e. The number of esters is 1. The average molecular weight is 575 g/mol. The largest absolute Gasteiger partial charge is 0.514 e.